The van der Waals surface area contributed by atoms with E-state index in [4.69, 9.17) is 16.6 Å². The Morgan fingerprint density at radius 2 is 1.67 bits per heavy atom. The Morgan fingerprint density at radius 1 is 1.05 bits per heavy atom. The van der Waals surface area contributed by atoms with Crippen LogP contribution >= 0.6 is 0 Å². The monoisotopic (exact) mass is 292 g/mol. The summed E-state index contributed by atoms with van der Waals surface area (Å²) in [7, 11) is 0. The van der Waals surface area contributed by atoms with Crippen molar-refractivity contribution in [2.24, 2.45) is 17.4 Å². The maximum atomic E-state index is 11.4. The molecular weight excluding hydrogens is 272 g/mol. The molecular formula is C15H20N2O4. The number of carboxylic acid groups (broad SMARTS) is 1. The van der Waals surface area contributed by atoms with E-state index in [1.165, 1.54) is 12.1 Å². The molecule has 0 saturated heterocycles. The van der Waals surface area contributed by atoms with Gasteiger partial charge in [0.2, 0.25) is 11.8 Å². The fourth-order valence-electron chi connectivity index (χ4n) is 2.11. The third-order valence-electron chi connectivity index (χ3n) is 3.36. The van der Waals surface area contributed by atoms with E-state index < -0.39 is 5.97 Å². The first-order valence-electron chi connectivity index (χ1n) is 6.80. The third kappa shape index (κ3) is 6.07. The van der Waals surface area contributed by atoms with Gasteiger partial charge in [0.1, 0.15) is 0 Å². The van der Waals surface area contributed by atoms with E-state index >= 15 is 0 Å². The zero-order chi connectivity index (χ0) is 15.8. The number of rotatable bonds is 9. The highest BCUT2D eigenvalue weighted by Gasteiger charge is 2.15. The normalized spacial score (nSPS) is 11.8. The van der Waals surface area contributed by atoms with Crippen molar-refractivity contribution >= 4 is 17.8 Å². The molecule has 1 rings (SSSR count). The Morgan fingerprint density at radius 3 is 2.14 bits per heavy atom. The number of carboxylic acids is 1. The number of hydrogen-bond donors (Lipinski definition) is 3. The molecule has 1 aromatic rings. The van der Waals surface area contributed by atoms with E-state index in [0.717, 1.165) is 5.56 Å². The smallest absolute Gasteiger partial charge is 0.335 e. The van der Waals surface area contributed by atoms with Crippen LogP contribution < -0.4 is 11.5 Å². The topological polar surface area (TPSA) is 123 Å². The van der Waals surface area contributed by atoms with Crippen molar-refractivity contribution in [2.45, 2.75) is 32.1 Å². The number of amides is 2. The van der Waals surface area contributed by atoms with Crippen LogP contribution in [0.15, 0.2) is 24.3 Å². The van der Waals surface area contributed by atoms with Gasteiger partial charge >= 0.3 is 5.97 Å². The van der Waals surface area contributed by atoms with Gasteiger partial charge in [0.25, 0.3) is 0 Å². The van der Waals surface area contributed by atoms with Crippen LogP contribution in [0.5, 0.6) is 0 Å². The molecule has 0 aliphatic heterocycles. The largest absolute Gasteiger partial charge is 0.478 e. The molecule has 0 aliphatic carbocycles. The fraction of sp³-hybridized carbons (Fsp3) is 0.400. The van der Waals surface area contributed by atoms with Crippen molar-refractivity contribution in [2.75, 3.05) is 0 Å². The summed E-state index contributed by atoms with van der Waals surface area (Å²) in [6.45, 7) is 0. The van der Waals surface area contributed by atoms with Crippen molar-refractivity contribution in [1.29, 1.82) is 0 Å². The summed E-state index contributed by atoms with van der Waals surface area (Å²) in [6.07, 6.45) is 2.52. The minimum absolute atomic E-state index is 0.228. The van der Waals surface area contributed by atoms with Crippen molar-refractivity contribution in [3.05, 3.63) is 35.4 Å². The van der Waals surface area contributed by atoms with E-state index in [0.29, 0.717) is 25.7 Å². The second-order valence-electron chi connectivity index (χ2n) is 5.00. The van der Waals surface area contributed by atoms with Crippen LogP contribution in [0.2, 0.25) is 0 Å². The number of aryl methyl sites for hydroxylation is 1. The van der Waals surface area contributed by atoms with Crippen molar-refractivity contribution in [1.82, 2.24) is 0 Å². The zero-order valence-corrected chi connectivity index (χ0v) is 11.7. The average molecular weight is 292 g/mol. The lowest BCUT2D eigenvalue weighted by Crippen LogP contribution is -2.24. The molecule has 1 unspecified atom stereocenters. The van der Waals surface area contributed by atoms with Crippen molar-refractivity contribution in [3.63, 3.8) is 0 Å². The van der Waals surface area contributed by atoms with Gasteiger partial charge in [-0.05, 0) is 43.4 Å². The standard InChI is InChI=1S/C15H20N2O4/c16-13(18)3-1-2-11(14(17)19)7-4-10-5-8-12(9-6-10)15(20)21/h5-6,8-9,11H,1-4,7H2,(H2,16,18)(H2,17,19)(H,20,21). The van der Waals surface area contributed by atoms with Gasteiger partial charge in [0.05, 0.1) is 5.56 Å². The molecule has 6 heteroatoms. The summed E-state index contributed by atoms with van der Waals surface area (Å²) in [5, 5.41) is 8.81. The molecule has 21 heavy (non-hydrogen) atoms. The minimum atomic E-state index is -0.969. The Balaban J connectivity index is 2.50. The molecule has 0 radical (unpaired) electrons. The van der Waals surface area contributed by atoms with Crippen LogP contribution in [0.25, 0.3) is 0 Å². The number of nitrogens with two attached hydrogens (primary N) is 2. The lowest BCUT2D eigenvalue weighted by atomic mass is 9.93. The summed E-state index contributed by atoms with van der Waals surface area (Å²) in [5.41, 5.74) is 11.6. The zero-order valence-electron chi connectivity index (χ0n) is 11.7. The maximum Gasteiger partial charge on any atom is 0.335 e. The first-order valence-corrected chi connectivity index (χ1v) is 6.80. The summed E-state index contributed by atoms with van der Waals surface area (Å²) in [4.78, 5) is 32.8. The predicted molar refractivity (Wildman–Crippen MR) is 77.5 cm³/mol. The highest BCUT2D eigenvalue weighted by atomic mass is 16.4. The fourth-order valence-corrected chi connectivity index (χ4v) is 2.11. The number of hydrogen-bond acceptors (Lipinski definition) is 3. The van der Waals surface area contributed by atoms with Crippen molar-refractivity contribution in [3.8, 4) is 0 Å². The van der Waals surface area contributed by atoms with Crippen LogP contribution in [0, 0.1) is 5.92 Å². The van der Waals surface area contributed by atoms with Gasteiger partial charge in [0, 0.05) is 12.3 Å². The molecule has 2 amide bonds. The number of aromatic carboxylic acids is 1. The van der Waals surface area contributed by atoms with E-state index in [-0.39, 0.29) is 29.7 Å². The van der Waals surface area contributed by atoms with Gasteiger partial charge in [0.15, 0.2) is 0 Å². The first-order chi connectivity index (χ1) is 9.90. The summed E-state index contributed by atoms with van der Waals surface area (Å²) < 4.78 is 0. The molecule has 1 aromatic carbocycles. The number of benzene rings is 1. The molecule has 0 aliphatic rings. The van der Waals surface area contributed by atoms with Gasteiger partial charge in [-0.25, -0.2) is 4.79 Å². The SMILES string of the molecule is NC(=O)CCCC(CCc1ccc(C(=O)O)cc1)C(N)=O. The third-order valence-corrected chi connectivity index (χ3v) is 3.36. The lowest BCUT2D eigenvalue weighted by Gasteiger charge is -2.12. The van der Waals surface area contributed by atoms with Gasteiger partial charge in [-0.15, -0.1) is 0 Å². The van der Waals surface area contributed by atoms with E-state index in [9.17, 15) is 14.4 Å². The molecule has 6 nitrogen and oxygen atoms in total. The molecule has 0 spiro atoms. The molecule has 0 bridgehead atoms. The summed E-state index contributed by atoms with van der Waals surface area (Å²) >= 11 is 0. The predicted octanol–water partition coefficient (Wildman–Crippen LogP) is 1.07. The Hall–Kier alpha value is -2.37. The molecule has 0 heterocycles. The van der Waals surface area contributed by atoms with Crippen LogP contribution in [-0.4, -0.2) is 22.9 Å². The molecule has 0 saturated carbocycles. The Kier molecular flexibility index (Phi) is 6.39. The van der Waals surface area contributed by atoms with E-state index in [1.54, 1.807) is 12.1 Å². The number of primary amides is 2. The molecule has 0 aromatic heterocycles. The van der Waals surface area contributed by atoms with E-state index in [1.807, 2.05) is 0 Å². The van der Waals surface area contributed by atoms with Gasteiger partial charge < -0.3 is 16.6 Å². The van der Waals surface area contributed by atoms with Crippen LogP contribution in [0.1, 0.15) is 41.6 Å². The Bertz CT molecular complexity index is 511. The molecule has 5 N–H and O–H groups in total. The second-order valence-corrected chi connectivity index (χ2v) is 5.00. The quantitative estimate of drug-likeness (QED) is 0.629. The highest BCUT2D eigenvalue weighted by Crippen LogP contribution is 2.16. The molecule has 1 atom stereocenters. The molecule has 114 valence electrons. The van der Waals surface area contributed by atoms with E-state index in [2.05, 4.69) is 0 Å². The van der Waals surface area contributed by atoms with Crippen LogP contribution in [0.4, 0.5) is 0 Å². The highest BCUT2D eigenvalue weighted by molar-refractivity contribution is 5.87. The summed E-state index contributed by atoms with van der Waals surface area (Å²) in [6, 6.07) is 6.52. The van der Waals surface area contributed by atoms with Crippen LogP contribution in [0.3, 0.4) is 0 Å². The van der Waals surface area contributed by atoms with Crippen LogP contribution in [-0.2, 0) is 16.0 Å². The number of carbonyl (C=O) groups excluding carboxylic acids is 2. The van der Waals surface area contributed by atoms with Crippen molar-refractivity contribution < 1.29 is 19.5 Å². The Labute approximate surface area is 123 Å². The number of carbonyl (C=O) groups is 3. The van der Waals surface area contributed by atoms with Gasteiger partial charge in [-0.1, -0.05) is 12.1 Å². The molecule has 0 fully saturated rings. The summed E-state index contributed by atoms with van der Waals surface area (Å²) in [5.74, 6) is -2.05. The van der Waals surface area contributed by atoms with Gasteiger partial charge in [-0.3, -0.25) is 9.59 Å². The average Bonchev–Trinajstić information content (AvgIpc) is 2.42. The first kappa shape index (κ1) is 16.7. The maximum absolute atomic E-state index is 11.4. The minimum Gasteiger partial charge on any atom is -0.478 e. The lowest BCUT2D eigenvalue weighted by molar-refractivity contribution is -0.123. The van der Waals surface area contributed by atoms with Gasteiger partial charge in [-0.2, -0.15) is 0 Å². The second kappa shape index (κ2) is 8.04.